The molecular weight excluding hydrogens is 270 g/mol. The van der Waals surface area contributed by atoms with Gasteiger partial charge in [-0.15, -0.1) is 0 Å². The minimum absolute atomic E-state index is 0.163. The van der Waals surface area contributed by atoms with Crippen molar-refractivity contribution in [1.29, 1.82) is 5.26 Å². The zero-order valence-electron chi connectivity index (χ0n) is 11.6. The first kappa shape index (κ1) is 15.1. The first-order valence-corrected chi connectivity index (χ1v) is 6.69. The molecule has 0 saturated carbocycles. The summed E-state index contributed by atoms with van der Waals surface area (Å²) in [4.78, 5) is 0. The van der Waals surface area contributed by atoms with Crippen molar-refractivity contribution in [3.8, 4) is 6.07 Å². The summed E-state index contributed by atoms with van der Waals surface area (Å²) in [6, 6.07) is 16.4. The molecule has 0 saturated heterocycles. The van der Waals surface area contributed by atoms with Crippen molar-refractivity contribution in [2.24, 2.45) is 0 Å². The van der Waals surface area contributed by atoms with E-state index in [1.54, 1.807) is 19.1 Å². The van der Waals surface area contributed by atoms with Crippen LogP contribution in [0.5, 0.6) is 0 Å². The van der Waals surface area contributed by atoms with Crippen LogP contribution in [0.15, 0.2) is 60.7 Å². The molecule has 2 aromatic carbocycles. The van der Waals surface area contributed by atoms with Gasteiger partial charge in [0.05, 0.1) is 6.07 Å². The molecule has 2 rings (SSSR count). The molecule has 4 heteroatoms. The molecule has 0 bridgehead atoms. The third-order valence-electron chi connectivity index (χ3n) is 3.37. The quantitative estimate of drug-likeness (QED) is 0.901. The third kappa shape index (κ3) is 3.45. The lowest BCUT2D eigenvalue weighted by Gasteiger charge is -2.26. The van der Waals surface area contributed by atoms with Crippen LogP contribution in [-0.4, -0.2) is 6.04 Å². The molecule has 21 heavy (non-hydrogen) atoms. The molecular formula is C17H16F2N2. The molecule has 108 valence electrons. The molecule has 2 atom stereocenters. The Morgan fingerprint density at radius 1 is 1.00 bits per heavy atom. The molecule has 1 N–H and O–H groups in total. The van der Waals surface area contributed by atoms with E-state index in [1.165, 1.54) is 24.3 Å². The van der Waals surface area contributed by atoms with Gasteiger partial charge in [0.15, 0.2) is 6.04 Å². The summed E-state index contributed by atoms with van der Waals surface area (Å²) >= 11 is 0. The summed E-state index contributed by atoms with van der Waals surface area (Å²) in [5.41, 5.74) is 0.700. The van der Waals surface area contributed by atoms with Crippen LogP contribution in [0.3, 0.4) is 0 Å². The number of nitrogens with zero attached hydrogens (tertiary/aromatic N) is 1. The van der Waals surface area contributed by atoms with Crippen LogP contribution >= 0.6 is 0 Å². The Labute approximate surface area is 123 Å². The van der Waals surface area contributed by atoms with E-state index < -0.39 is 12.0 Å². The number of halogens is 2. The van der Waals surface area contributed by atoms with Gasteiger partial charge in [0, 0.05) is 11.6 Å². The summed E-state index contributed by atoms with van der Waals surface area (Å²) in [6.07, 6.45) is 0. The highest BCUT2D eigenvalue weighted by Crippen LogP contribution is 2.32. The van der Waals surface area contributed by atoms with Crippen LogP contribution in [-0.2, 0) is 5.92 Å². The normalized spacial score (nSPS) is 14.2. The maximum Gasteiger partial charge on any atom is 0.301 e. The second kappa shape index (κ2) is 6.47. The largest absolute Gasteiger partial charge is 0.301 e. The molecule has 0 amide bonds. The Balaban J connectivity index is 2.19. The average molecular weight is 286 g/mol. The Kier molecular flexibility index (Phi) is 4.66. The predicted molar refractivity (Wildman–Crippen MR) is 77.7 cm³/mol. The monoisotopic (exact) mass is 286 g/mol. The number of hydrogen-bond donors (Lipinski definition) is 1. The van der Waals surface area contributed by atoms with E-state index in [0.717, 1.165) is 5.56 Å². The molecule has 2 nitrogen and oxygen atoms in total. The van der Waals surface area contributed by atoms with Crippen LogP contribution in [0, 0.1) is 11.3 Å². The van der Waals surface area contributed by atoms with Crippen molar-refractivity contribution in [3.05, 3.63) is 71.8 Å². The fourth-order valence-electron chi connectivity index (χ4n) is 2.14. The standard InChI is InChI=1S/C17H16F2N2/c1-13(14-8-4-2-5-9-14)21-16(12-20)17(18,19)15-10-6-3-7-11-15/h2-11,13,16,21H,1H3/t13-,16-/m0/s1. The summed E-state index contributed by atoms with van der Waals surface area (Å²) in [5.74, 6) is -3.25. The van der Waals surface area contributed by atoms with Gasteiger partial charge in [-0.05, 0) is 12.5 Å². The zero-order valence-corrected chi connectivity index (χ0v) is 11.6. The fourth-order valence-corrected chi connectivity index (χ4v) is 2.14. The first-order chi connectivity index (χ1) is 10.1. The lowest BCUT2D eigenvalue weighted by atomic mass is 10.00. The van der Waals surface area contributed by atoms with Crippen LogP contribution in [0.1, 0.15) is 24.1 Å². The molecule has 0 spiro atoms. The lowest BCUT2D eigenvalue weighted by Crippen LogP contribution is -2.43. The van der Waals surface area contributed by atoms with E-state index >= 15 is 0 Å². The molecule has 0 aliphatic carbocycles. The SMILES string of the molecule is C[C@H](N[C@@H](C#N)C(F)(F)c1ccccc1)c1ccccc1. The Morgan fingerprint density at radius 3 is 2.05 bits per heavy atom. The summed E-state index contributed by atoms with van der Waals surface area (Å²) in [5, 5.41) is 11.8. The maximum absolute atomic E-state index is 14.4. The van der Waals surface area contributed by atoms with E-state index in [1.807, 2.05) is 30.3 Å². The fraction of sp³-hybridized carbons (Fsp3) is 0.235. The van der Waals surface area contributed by atoms with Crippen molar-refractivity contribution in [3.63, 3.8) is 0 Å². The van der Waals surface area contributed by atoms with E-state index in [-0.39, 0.29) is 11.6 Å². The van der Waals surface area contributed by atoms with Crippen LogP contribution < -0.4 is 5.32 Å². The number of benzene rings is 2. The van der Waals surface area contributed by atoms with E-state index in [9.17, 15) is 8.78 Å². The van der Waals surface area contributed by atoms with Crippen LogP contribution in [0.25, 0.3) is 0 Å². The minimum Gasteiger partial charge on any atom is -0.290 e. The van der Waals surface area contributed by atoms with Crippen molar-refractivity contribution >= 4 is 0 Å². The molecule has 0 unspecified atom stereocenters. The number of rotatable bonds is 5. The Hall–Kier alpha value is -2.25. The lowest BCUT2D eigenvalue weighted by molar-refractivity contribution is -0.0286. The van der Waals surface area contributed by atoms with Gasteiger partial charge in [0.1, 0.15) is 0 Å². The van der Waals surface area contributed by atoms with Crippen molar-refractivity contribution in [2.75, 3.05) is 0 Å². The van der Waals surface area contributed by atoms with Gasteiger partial charge < -0.3 is 0 Å². The van der Waals surface area contributed by atoms with E-state index in [0.29, 0.717) is 0 Å². The van der Waals surface area contributed by atoms with E-state index in [2.05, 4.69) is 5.32 Å². The maximum atomic E-state index is 14.4. The summed E-state index contributed by atoms with van der Waals surface area (Å²) in [6.45, 7) is 1.76. The topological polar surface area (TPSA) is 35.8 Å². The highest BCUT2D eigenvalue weighted by molar-refractivity contribution is 5.26. The highest BCUT2D eigenvalue weighted by atomic mass is 19.3. The summed E-state index contributed by atoms with van der Waals surface area (Å²) in [7, 11) is 0. The Morgan fingerprint density at radius 2 is 1.52 bits per heavy atom. The van der Waals surface area contributed by atoms with Gasteiger partial charge >= 0.3 is 5.92 Å². The third-order valence-corrected chi connectivity index (χ3v) is 3.37. The number of nitriles is 1. The highest BCUT2D eigenvalue weighted by Gasteiger charge is 2.42. The van der Waals surface area contributed by atoms with Crippen molar-refractivity contribution in [1.82, 2.24) is 5.32 Å². The predicted octanol–water partition coefficient (Wildman–Crippen LogP) is 4.02. The Bertz CT molecular complexity index is 606. The molecule has 0 aliphatic rings. The van der Waals surface area contributed by atoms with Gasteiger partial charge in [0.25, 0.3) is 0 Å². The zero-order chi connectivity index (χ0) is 15.3. The minimum atomic E-state index is -3.25. The second-order valence-electron chi connectivity index (χ2n) is 4.85. The van der Waals surface area contributed by atoms with Gasteiger partial charge in [-0.3, -0.25) is 5.32 Å². The smallest absolute Gasteiger partial charge is 0.290 e. The number of hydrogen-bond acceptors (Lipinski definition) is 2. The molecule has 0 fully saturated rings. The van der Waals surface area contributed by atoms with Crippen molar-refractivity contribution in [2.45, 2.75) is 24.9 Å². The van der Waals surface area contributed by atoms with Crippen molar-refractivity contribution < 1.29 is 8.78 Å². The first-order valence-electron chi connectivity index (χ1n) is 6.69. The van der Waals surface area contributed by atoms with Gasteiger partial charge in [0.2, 0.25) is 0 Å². The molecule has 0 aliphatic heterocycles. The number of nitrogens with one attached hydrogen (secondary N) is 1. The van der Waals surface area contributed by atoms with E-state index in [4.69, 9.17) is 5.26 Å². The van der Waals surface area contributed by atoms with Crippen LogP contribution in [0.2, 0.25) is 0 Å². The van der Waals surface area contributed by atoms with Gasteiger partial charge in [-0.2, -0.15) is 14.0 Å². The summed E-state index contributed by atoms with van der Waals surface area (Å²) < 4.78 is 28.8. The molecule has 0 radical (unpaired) electrons. The number of alkyl halides is 2. The van der Waals surface area contributed by atoms with Gasteiger partial charge in [-0.25, -0.2) is 0 Å². The average Bonchev–Trinajstić information content (AvgIpc) is 2.53. The molecule has 0 aromatic heterocycles. The van der Waals surface area contributed by atoms with Crippen LogP contribution in [0.4, 0.5) is 8.78 Å². The van der Waals surface area contributed by atoms with Gasteiger partial charge in [-0.1, -0.05) is 60.7 Å². The molecule has 2 aromatic rings. The second-order valence-corrected chi connectivity index (χ2v) is 4.85. The molecule has 0 heterocycles.